The van der Waals surface area contributed by atoms with E-state index in [0.717, 1.165) is 36.4 Å². The van der Waals surface area contributed by atoms with Crippen LogP contribution < -0.4 is 14.8 Å². The minimum absolute atomic E-state index is 0.136. The lowest BCUT2D eigenvalue weighted by atomic mass is 9.97. The number of hydrogen-bond acceptors (Lipinski definition) is 6. The molecule has 2 amide bonds. The van der Waals surface area contributed by atoms with E-state index in [1.165, 1.54) is 22.5 Å². The summed E-state index contributed by atoms with van der Waals surface area (Å²) in [7, 11) is 0. The number of nitrogens with zero attached hydrogens (tertiary/aromatic N) is 2. The van der Waals surface area contributed by atoms with Crippen molar-refractivity contribution in [2.24, 2.45) is 0 Å². The second-order valence-electron chi connectivity index (χ2n) is 8.22. The van der Waals surface area contributed by atoms with Crippen LogP contribution in [-0.2, 0) is 24.2 Å². The van der Waals surface area contributed by atoms with Crippen LogP contribution in [0.2, 0.25) is 0 Å². The van der Waals surface area contributed by atoms with E-state index in [1.807, 2.05) is 17.0 Å². The number of thiazole rings is 1. The van der Waals surface area contributed by atoms with Crippen LogP contribution in [-0.4, -0.2) is 35.0 Å². The molecule has 2 aromatic carbocycles. The number of rotatable bonds is 3. The molecule has 3 heterocycles. The lowest BCUT2D eigenvalue weighted by molar-refractivity contribution is -0.133. The normalized spacial score (nSPS) is 18.2. The SMILES string of the molecule is O=C(Nc1nc2c(s1)CC[C@@H]2C(=O)N1CCc2ccccc2C1)c1ccc2c(c1)OCO2. The Morgan fingerprint density at radius 2 is 1.91 bits per heavy atom. The van der Waals surface area contributed by atoms with Crippen LogP contribution in [0.4, 0.5) is 5.13 Å². The van der Waals surface area contributed by atoms with Crippen LogP contribution in [0.5, 0.6) is 11.5 Å². The van der Waals surface area contributed by atoms with Gasteiger partial charge in [0, 0.05) is 23.5 Å². The molecule has 32 heavy (non-hydrogen) atoms. The molecule has 0 saturated carbocycles. The zero-order chi connectivity index (χ0) is 21.7. The van der Waals surface area contributed by atoms with E-state index in [9.17, 15) is 9.59 Å². The maximum atomic E-state index is 13.3. The van der Waals surface area contributed by atoms with Crippen LogP contribution in [0.15, 0.2) is 42.5 Å². The summed E-state index contributed by atoms with van der Waals surface area (Å²) >= 11 is 1.46. The number of aromatic nitrogens is 1. The molecule has 0 unspecified atom stereocenters. The molecule has 2 aliphatic heterocycles. The summed E-state index contributed by atoms with van der Waals surface area (Å²) in [6.07, 6.45) is 2.48. The van der Waals surface area contributed by atoms with Crippen molar-refractivity contribution in [1.82, 2.24) is 9.88 Å². The van der Waals surface area contributed by atoms with Crippen molar-refractivity contribution >= 4 is 28.3 Å². The van der Waals surface area contributed by atoms with Gasteiger partial charge in [-0.3, -0.25) is 14.9 Å². The summed E-state index contributed by atoms with van der Waals surface area (Å²) in [5, 5.41) is 3.41. The van der Waals surface area contributed by atoms with E-state index in [0.29, 0.717) is 28.7 Å². The molecule has 7 nitrogen and oxygen atoms in total. The van der Waals surface area contributed by atoms with Crippen LogP contribution >= 0.6 is 11.3 Å². The van der Waals surface area contributed by atoms with Gasteiger partial charge in [-0.15, -0.1) is 11.3 Å². The van der Waals surface area contributed by atoms with Gasteiger partial charge in [-0.1, -0.05) is 24.3 Å². The highest BCUT2D eigenvalue weighted by Crippen LogP contribution is 2.40. The summed E-state index contributed by atoms with van der Waals surface area (Å²) in [6.45, 7) is 1.55. The van der Waals surface area contributed by atoms with Crippen LogP contribution in [0.1, 0.15) is 44.4 Å². The molecule has 1 atom stereocenters. The van der Waals surface area contributed by atoms with Crippen LogP contribution in [0, 0.1) is 0 Å². The van der Waals surface area contributed by atoms with Gasteiger partial charge in [0.2, 0.25) is 12.7 Å². The monoisotopic (exact) mass is 447 g/mol. The molecular weight excluding hydrogens is 426 g/mol. The molecule has 0 bridgehead atoms. The Balaban J connectivity index is 1.17. The molecule has 1 N–H and O–H groups in total. The lowest BCUT2D eigenvalue weighted by Crippen LogP contribution is -2.38. The van der Waals surface area contributed by atoms with Crippen molar-refractivity contribution in [3.8, 4) is 11.5 Å². The van der Waals surface area contributed by atoms with E-state index in [1.54, 1.807) is 18.2 Å². The number of fused-ring (bicyclic) bond motifs is 3. The first-order valence-corrected chi connectivity index (χ1v) is 11.5. The first-order chi connectivity index (χ1) is 15.7. The molecule has 0 saturated heterocycles. The second kappa shape index (κ2) is 7.63. The fraction of sp³-hybridized carbons (Fsp3) is 0.292. The lowest BCUT2D eigenvalue weighted by Gasteiger charge is -2.30. The smallest absolute Gasteiger partial charge is 0.257 e. The van der Waals surface area contributed by atoms with E-state index in [4.69, 9.17) is 9.47 Å². The number of amides is 2. The Labute approximate surface area is 189 Å². The van der Waals surface area contributed by atoms with E-state index in [2.05, 4.69) is 22.4 Å². The Bertz CT molecular complexity index is 1240. The van der Waals surface area contributed by atoms with Crippen molar-refractivity contribution in [2.75, 3.05) is 18.7 Å². The number of nitrogens with one attached hydrogen (secondary N) is 1. The van der Waals surface area contributed by atoms with Gasteiger partial charge < -0.3 is 14.4 Å². The highest BCUT2D eigenvalue weighted by molar-refractivity contribution is 7.16. The summed E-state index contributed by atoms with van der Waals surface area (Å²) in [5.41, 5.74) is 3.84. The standard InChI is InChI=1S/C24H21N3O4S/c28-22(15-5-7-18-19(11-15)31-13-30-18)26-24-25-21-17(6-8-20(21)32-24)23(29)27-10-9-14-3-1-2-4-16(14)12-27/h1-5,7,11,17H,6,8-10,12-13H2,(H,25,26,28)/t17-/m0/s1. The molecule has 8 heteroatoms. The highest BCUT2D eigenvalue weighted by atomic mass is 32.1. The summed E-state index contributed by atoms with van der Waals surface area (Å²) < 4.78 is 10.6. The van der Waals surface area contributed by atoms with E-state index < -0.39 is 0 Å². The molecule has 3 aliphatic rings. The van der Waals surface area contributed by atoms with Crippen molar-refractivity contribution in [3.05, 3.63) is 69.7 Å². The van der Waals surface area contributed by atoms with Crippen LogP contribution in [0.3, 0.4) is 0 Å². The number of ether oxygens (including phenoxy) is 2. The number of carbonyl (C=O) groups excluding carboxylic acids is 2. The molecule has 1 aromatic heterocycles. The second-order valence-corrected chi connectivity index (χ2v) is 9.30. The van der Waals surface area contributed by atoms with Gasteiger partial charge in [-0.25, -0.2) is 4.98 Å². The quantitative estimate of drug-likeness (QED) is 0.662. The molecule has 3 aromatic rings. The molecular formula is C24H21N3O4S. The van der Waals surface area contributed by atoms with Gasteiger partial charge in [0.05, 0.1) is 11.6 Å². The number of hydrogen-bond donors (Lipinski definition) is 1. The average molecular weight is 448 g/mol. The largest absolute Gasteiger partial charge is 0.454 e. The van der Waals surface area contributed by atoms with E-state index >= 15 is 0 Å². The molecule has 0 fully saturated rings. The minimum atomic E-state index is -0.258. The molecule has 0 radical (unpaired) electrons. The fourth-order valence-electron chi connectivity index (χ4n) is 4.63. The van der Waals surface area contributed by atoms with Crippen LogP contribution in [0.25, 0.3) is 0 Å². The molecule has 162 valence electrons. The average Bonchev–Trinajstić information content (AvgIpc) is 3.53. The topological polar surface area (TPSA) is 80.8 Å². The summed E-state index contributed by atoms with van der Waals surface area (Å²) in [5.74, 6) is 0.843. The zero-order valence-corrected chi connectivity index (χ0v) is 18.1. The summed E-state index contributed by atoms with van der Waals surface area (Å²) in [6, 6.07) is 13.4. The fourth-order valence-corrected chi connectivity index (χ4v) is 5.67. The van der Waals surface area contributed by atoms with Crippen molar-refractivity contribution in [1.29, 1.82) is 0 Å². The van der Waals surface area contributed by atoms with Gasteiger partial charge in [0.15, 0.2) is 16.6 Å². The van der Waals surface area contributed by atoms with Gasteiger partial charge >= 0.3 is 0 Å². The van der Waals surface area contributed by atoms with Gasteiger partial charge in [-0.05, 0) is 48.6 Å². The Morgan fingerprint density at radius 1 is 1.06 bits per heavy atom. The predicted octanol–water partition coefficient (Wildman–Crippen LogP) is 3.74. The first-order valence-electron chi connectivity index (χ1n) is 10.7. The number of carbonyl (C=O) groups is 2. The van der Waals surface area contributed by atoms with E-state index in [-0.39, 0.29) is 24.5 Å². The maximum absolute atomic E-state index is 13.3. The predicted molar refractivity (Wildman–Crippen MR) is 119 cm³/mol. The third-order valence-corrected chi connectivity index (χ3v) is 7.36. The molecule has 6 rings (SSSR count). The number of anilines is 1. The number of benzene rings is 2. The number of aryl methyl sites for hydroxylation is 1. The summed E-state index contributed by atoms with van der Waals surface area (Å²) in [4.78, 5) is 33.7. The first kappa shape index (κ1) is 19.3. The van der Waals surface area contributed by atoms with Crippen molar-refractivity contribution < 1.29 is 19.1 Å². The molecule has 1 aliphatic carbocycles. The Hall–Kier alpha value is -3.39. The van der Waals surface area contributed by atoms with Crippen molar-refractivity contribution in [2.45, 2.75) is 31.7 Å². The third-order valence-electron chi connectivity index (χ3n) is 6.31. The van der Waals surface area contributed by atoms with Crippen molar-refractivity contribution in [3.63, 3.8) is 0 Å². The third kappa shape index (κ3) is 3.31. The Kier molecular flexibility index (Phi) is 4.61. The molecule has 0 spiro atoms. The Morgan fingerprint density at radius 3 is 2.81 bits per heavy atom. The van der Waals surface area contributed by atoms with Gasteiger partial charge in [-0.2, -0.15) is 0 Å². The minimum Gasteiger partial charge on any atom is -0.454 e. The van der Waals surface area contributed by atoms with Gasteiger partial charge in [0.1, 0.15) is 0 Å². The van der Waals surface area contributed by atoms with Gasteiger partial charge in [0.25, 0.3) is 5.91 Å². The highest BCUT2D eigenvalue weighted by Gasteiger charge is 2.36. The zero-order valence-electron chi connectivity index (χ0n) is 17.3. The maximum Gasteiger partial charge on any atom is 0.257 e.